The van der Waals surface area contributed by atoms with E-state index in [-0.39, 0.29) is 49.8 Å². The summed E-state index contributed by atoms with van der Waals surface area (Å²) in [6.07, 6.45) is 5.47. The molecular weight excluding hydrogens is 927 g/mol. The molecule has 7 heteroatoms. The number of carbonyl (C=O) groups is 1. The normalized spacial score (nSPS) is 14.1. The Morgan fingerprint density at radius 2 is 1.30 bits per heavy atom. The molecule has 7 rings (SSSR count). The van der Waals surface area contributed by atoms with Crippen molar-refractivity contribution < 1.29 is 42.9 Å². The zero-order chi connectivity index (χ0) is 45.2. The zero-order valence-electron chi connectivity index (χ0n) is 39.2. The number of aromatic nitrogens is 2. The number of halogens is 2. The van der Waals surface area contributed by atoms with E-state index >= 15 is 0 Å². The van der Waals surface area contributed by atoms with Gasteiger partial charge in [-0.25, -0.2) is 8.78 Å². The van der Waals surface area contributed by atoms with Crippen LogP contribution in [0.1, 0.15) is 116 Å². The monoisotopic (exact) mass is 990 g/mol. The number of ketones is 1. The van der Waals surface area contributed by atoms with Gasteiger partial charge in [0.2, 0.25) is 6.43 Å². The molecule has 1 aliphatic carbocycles. The number of allylic oxidation sites excluding steroid dienone is 2. The van der Waals surface area contributed by atoms with E-state index in [4.69, 9.17) is 4.11 Å². The van der Waals surface area contributed by atoms with Crippen molar-refractivity contribution in [1.29, 1.82) is 0 Å². The number of hydrogen-bond donors (Lipinski definition) is 1. The van der Waals surface area contributed by atoms with E-state index in [1.807, 2.05) is 33.8 Å². The third-order valence-corrected chi connectivity index (χ3v) is 11.2. The van der Waals surface area contributed by atoms with Gasteiger partial charge in [0.05, 0.1) is 9.87 Å². The molecule has 1 unspecified atom stereocenters. The summed E-state index contributed by atoms with van der Waals surface area (Å²) in [4.78, 5) is 20.5. The van der Waals surface area contributed by atoms with Crippen molar-refractivity contribution in [2.75, 3.05) is 0 Å². The molecule has 0 spiro atoms. The van der Waals surface area contributed by atoms with Crippen LogP contribution in [-0.2, 0) is 24.9 Å². The molecule has 2 aromatic heterocycles. The first-order valence-corrected chi connectivity index (χ1v) is 21.0. The molecule has 319 valence electrons. The summed E-state index contributed by atoms with van der Waals surface area (Å²) >= 11 is 0. The summed E-state index contributed by atoms with van der Waals surface area (Å²) in [5.41, 5.74) is 10.5. The average Bonchev–Trinajstić information content (AvgIpc) is 3.76. The summed E-state index contributed by atoms with van der Waals surface area (Å²) in [6, 6.07) is 29.7. The molecule has 0 amide bonds. The predicted octanol–water partition coefficient (Wildman–Crippen LogP) is 14.7. The van der Waals surface area contributed by atoms with Gasteiger partial charge in [-0.3, -0.25) is 4.79 Å². The van der Waals surface area contributed by atoms with E-state index in [1.165, 1.54) is 42.4 Å². The fourth-order valence-electron chi connectivity index (χ4n) is 8.07. The van der Waals surface area contributed by atoms with Crippen molar-refractivity contribution in [2.24, 2.45) is 11.8 Å². The van der Waals surface area contributed by atoms with Crippen LogP contribution < -0.4 is 0 Å². The van der Waals surface area contributed by atoms with Gasteiger partial charge >= 0.3 is 0 Å². The van der Waals surface area contributed by atoms with Crippen LogP contribution in [-0.4, -0.2) is 27.3 Å². The van der Waals surface area contributed by atoms with Gasteiger partial charge in [0.15, 0.2) is 5.78 Å². The minimum absolute atomic E-state index is 0. The van der Waals surface area contributed by atoms with Gasteiger partial charge in [0.1, 0.15) is 0 Å². The molecule has 1 radical (unpaired) electrons. The Balaban J connectivity index is 0.000000211. The molecular formula is C53H60F2IrN2O2-2. The van der Waals surface area contributed by atoms with Gasteiger partial charge in [0, 0.05) is 56.8 Å². The Bertz CT molecular complexity index is 2510. The van der Waals surface area contributed by atoms with E-state index in [2.05, 4.69) is 104 Å². The standard InChI is InChI=1S/C22H22N.C18H16N.C13H22F2O2.Ir/c1-15-11-16(2)13-20(12-15)22-21-8-7-18(17-5-3-4-6-17)14-19(21)9-10-23-22;1-12-4-5-17-15(9-12)6-7-19-18(17)16-10-13(2)8-14(3)11-16;1-4-9(5-2)11(16)8-12(17)10(6-3)7-13(14)15;/h7-12,14,17H,3-6H2,1-2H3;4-10H,1-3H3;8-10,13,17H,4-7H2,1-3H3;/q2*-1;;/b;;12-8-;/i9D,10D;7D;;. The molecule has 1 saturated carbocycles. The van der Waals surface area contributed by atoms with Crippen molar-refractivity contribution in [3.8, 4) is 22.5 Å². The van der Waals surface area contributed by atoms with Gasteiger partial charge < -0.3 is 15.1 Å². The van der Waals surface area contributed by atoms with Crippen molar-refractivity contribution in [3.63, 3.8) is 0 Å². The number of fused-ring (bicyclic) bond motifs is 2. The first-order chi connectivity index (χ1) is 29.5. The Hall–Kier alpha value is -4.58. The predicted molar refractivity (Wildman–Crippen MR) is 241 cm³/mol. The molecule has 0 saturated heterocycles. The van der Waals surface area contributed by atoms with Crippen molar-refractivity contribution in [1.82, 2.24) is 9.97 Å². The molecule has 4 nitrogen and oxygen atoms in total. The number of benzene rings is 4. The average molecular weight is 990 g/mol. The minimum Gasteiger partial charge on any atom is -0.512 e. The van der Waals surface area contributed by atoms with Crippen LogP contribution in [0.2, 0.25) is 0 Å². The number of carbonyl (C=O) groups excluding carboxylic acids is 1. The number of aryl methyl sites for hydroxylation is 5. The van der Waals surface area contributed by atoms with Crippen LogP contribution in [0.3, 0.4) is 0 Å². The molecule has 60 heavy (non-hydrogen) atoms. The molecule has 6 aromatic rings. The van der Waals surface area contributed by atoms with Crippen LogP contribution in [0.5, 0.6) is 0 Å². The number of nitrogens with zero attached hydrogens (tertiary/aromatic N) is 2. The molecule has 1 aliphatic rings. The molecule has 1 N–H and O–H groups in total. The summed E-state index contributed by atoms with van der Waals surface area (Å²) in [5.74, 6) is -0.512. The van der Waals surface area contributed by atoms with Crippen molar-refractivity contribution in [2.45, 2.75) is 119 Å². The maximum Gasteiger partial charge on any atom is 0.239 e. The molecule has 0 aliphatic heterocycles. The van der Waals surface area contributed by atoms with E-state index < -0.39 is 18.8 Å². The number of alkyl halides is 2. The van der Waals surface area contributed by atoms with E-state index in [0.717, 1.165) is 66.8 Å². The third kappa shape index (κ3) is 13.0. The number of aliphatic hydroxyl groups excluding tert-OH is 1. The maximum absolute atomic E-state index is 12.2. The first-order valence-electron chi connectivity index (χ1n) is 22.5. The molecule has 1 atom stereocenters. The zero-order valence-corrected chi connectivity index (χ0v) is 38.6. The van der Waals surface area contributed by atoms with Gasteiger partial charge in [-0.05, 0) is 95.6 Å². The van der Waals surface area contributed by atoms with Gasteiger partial charge in [-0.1, -0.05) is 103 Å². The second kappa shape index (κ2) is 22.9. The molecule has 2 heterocycles. The second-order valence-corrected chi connectivity index (χ2v) is 16.0. The van der Waals surface area contributed by atoms with Crippen molar-refractivity contribution in [3.05, 3.63) is 142 Å². The second-order valence-electron chi connectivity index (χ2n) is 16.0. The number of aliphatic hydroxyl groups is 1. The fraction of sp³-hybridized carbons (Fsp3) is 0.377. The topological polar surface area (TPSA) is 63.1 Å². The third-order valence-electron chi connectivity index (χ3n) is 11.2. The van der Waals surface area contributed by atoms with Crippen molar-refractivity contribution >= 4 is 27.3 Å². The van der Waals surface area contributed by atoms with Crippen LogP contribution in [0.25, 0.3) is 44.1 Å². The van der Waals surface area contributed by atoms with Crippen LogP contribution >= 0.6 is 0 Å². The van der Waals surface area contributed by atoms with Crippen LogP contribution in [0, 0.1) is 58.6 Å². The Kier molecular flexibility index (Phi) is 16.6. The molecule has 1 fully saturated rings. The number of pyridine rings is 2. The SMILES string of the molecule is CCC(CC)C(=O)/C=C(\O)C(CC)CC(F)F.[2H]c1cc2cc(C)ccc2c(-c2[c-]c(C)cc(C)c2)n1.[2H]c1nc(-c2[c-]c(C)cc(C)c2)c2ccc(C3CCCC3)cc2c1[2H].[Ir]. The van der Waals surface area contributed by atoms with Gasteiger partial charge in [-0.2, -0.15) is 0 Å². The summed E-state index contributed by atoms with van der Waals surface area (Å²) in [7, 11) is 0. The quantitative estimate of drug-likeness (QED) is 0.0798. The molecule has 0 bridgehead atoms. The maximum atomic E-state index is 12.2. The largest absolute Gasteiger partial charge is 0.512 e. The van der Waals surface area contributed by atoms with E-state index in [0.29, 0.717) is 31.4 Å². The summed E-state index contributed by atoms with van der Waals surface area (Å²) < 4.78 is 48.9. The Labute approximate surface area is 374 Å². The number of rotatable bonds is 11. The smallest absolute Gasteiger partial charge is 0.239 e. The molecule has 4 aromatic carbocycles. The summed E-state index contributed by atoms with van der Waals surface area (Å²) in [5, 5.41) is 13.6. The van der Waals surface area contributed by atoms with Crippen LogP contribution in [0.15, 0.2) is 97.0 Å². The fourth-order valence-corrected chi connectivity index (χ4v) is 8.07. The van der Waals surface area contributed by atoms with Crippen LogP contribution in [0.4, 0.5) is 8.78 Å². The Morgan fingerprint density at radius 3 is 1.85 bits per heavy atom. The van der Waals surface area contributed by atoms with E-state index in [1.54, 1.807) is 6.92 Å². The van der Waals surface area contributed by atoms with Gasteiger partial charge in [0.25, 0.3) is 0 Å². The van der Waals surface area contributed by atoms with E-state index in [9.17, 15) is 18.7 Å². The first kappa shape index (κ1) is 43.5. The summed E-state index contributed by atoms with van der Waals surface area (Å²) in [6.45, 7) is 15.8. The minimum atomic E-state index is -2.46. The number of hydrogen-bond acceptors (Lipinski definition) is 4. The Morgan fingerprint density at radius 1 is 0.750 bits per heavy atom. The van der Waals surface area contributed by atoms with Gasteiger partial charge in [-0.15, -0.1) is 69.8 Å².